The highest BCUT2D eigenvalue weighted by atomic mass is 16.1. The number of hydrogen-bond donors (Lipinski definition) is 1. The van der Waals surface area contributed by atoms with Crippen LogP contribution in [0, 0.1) is 0 Å². The highest BCUT2D eigenvalue weighted by Crippen LogP contribution is 2.21. The molecule has 0 fully saturated rings. The van der Waals surface area contributed by atoms with E-state index in [9.17, 15) is 9.59 Å². The minimum Gasteiger partial charge on any atom is -0.361 e. The van der Waals surface area contributed by atoms with Crippen LogP contribution in [0.5, 0.6) is 0 Å². The molecule has 0 saturated carbocycles. The molecule has 0 heterocycles. The Kier molecular flexibility index (Phi) is 5.30. The monoisotopic (exact) mass is 377 g/mol. The van der Waals surface area contributed by atoms with Gasteiger partial charge in [-0.2, -0.15) is 0 Å². The van der Waals surface area contributed by atoms with Gasteiger partial charge in [-0.1, -0.05) is 84.9 Å². The van der Waals surface area contributed by atoms with Crippen LogP contribution in [0.3, 0.4) is 0 Å². The van der Waals surface area contributed by atoms with Crippen LogP contribution >= 0.6 is 0 Å². The fourth-order valence-corrected chi connectivity index (χ4v) is 3.29. The summed E-state index contributed by atoms with van der Waals surface area (Å²) in [5.41, 5.74) is 2.48. The lowest BCUT2D eigenvalue weighted by molar-refractivity contribution is 0.103. The molecule has 4 rings (SSSR count). The number of ketones is 2. The molecule has 0 radical (unpaired) electrons. The van der Waals surface area contributed by atoms with Gasteiger partial charge in [-0.15, -0.1) is 0 Å². The van der Waals surface area contributed by atoms with Crippen LogP contribution < -0.4 is 5.32 Å². The number of hydrogen-bond acceptors (Lipinski definition) is 3. The summed E-state index contributed by atoms with van der Waals surface area (Å²) in [6.07, 6.45) is 3.08. The maximum atomic E-state index is 12.8. The summed E-state index contributed by atoms with van der Waals surface area (Å²) < 4.78 is 0. The largest absolute Gasteiger partial charge is 0.361 e. The van der Waals surface area contributed by atoms with Crippen molar-refractivity contribution in [3.8, 4) is 0 Å². The molecule has 29 heavy (non-hydrogen) atoms. The summed E-state index contributed by atoms with van der Waals surface area (Å²) in [7, 11) is 0. The number of benzene rings is 4. The van der Waals surface area contributed by atoms with Gasteiger partial charge in [-0.05, 0) is 22.9 Å². The third-order valence-corrected chi connectivity index (χ3v) is 4.74. The van der Waals surface area contributed by atoms with Crippen LogP contribution in [-0.2, 0) is 0 Å². The maximum Gasteiger partial charge on any atom is 0.195 e. The van der Waals surface area contributed by atoms with E-state index in [-0.39, 0.29) is 11.6 Å². The standard InChI is InChI=1S/C26H19NO2/c28-25(22-15-8-12-19-9-4-5-13-21(19)22)17-18-27-24-16-7-6-14-23(24)26(29)20-10-2-1-3-11-20/h1-18,27H/b18-17-. The van der Waals surface area contributed by atoms with Gasteiger partial charge in [0, 0.05) is 34.7 Å². The average Bonchev–Trinajstić information content (AvgIpc) is 2.79. The molecule has 0 aliphatic carbocycles. The lowest BCUT2D eigenvalue weighted by atomic mass is 10.0. The van der Waals surface area contributed by atoms with Crippen molar-refractivity contribution in [3.05, 3.63) is 126 Å². The van der Waals surface area contributed by atoms with E-state index in [1.165, 1.54) is 6.08 Å². The van der Waals surface area contributed by atoms with E-state index in [4.69, 9.17) is 0 Å². The predicted molar refractivity (Wildman–Crippen MR) is 117 cm³/mol. The second-order valence-corrected chi connectivity index (χ2v) is 6.61. The van der Waals surface area contributed by atoms with Crippen LogP contribution in [-0.4, -0.2) is 11.6 Å². The molecule has 0 aliphatic heterocycles. The lowest BCUT2D eigenvalue weighted by Gasteiger charge is -2.08. The van der Waals surface area contributed by atoms with Crippen molar-refractivity contribution in [3.63, 3.8) is 0 Å². The molecule has 0 saturated heterocycles. The predicted octanol–water partition coefficient (Wildman–Crippen LogP) is 5.88. The number of nitrogens with one attached hydrogen (secondary N) is 1. The Labute approximate surface area is 169 Å². The van der Waals surface area contributed by atoms with E-state index in [1.54, 1.807) is 24.4 Å². The van der Waals surface area contributed by atoms with Crippen molar-refractivity contribution in [1.29, 1.82) is 0 Å². The van der Waals surface area contributed by atoms with Gasteiger partial charge >= 0.3 is 0 Å². The summed E-state index contributed by atoms with van der Waals surface area (Å²) in [5.74, 6) is -0.163. The van der Waals surface area contributed by atoms with Gasteiger partial charge < -0.3 is 5.32 Å². The number of anilines is 1. The molecular formula is C26H19NO2. The van der Waals surface area contributed by atoms with Gasteiger partial charge in [-0.25, -0.2) is 0 Å². The van der Waals surface area contributed by atoms with E-state index in [1.807, 2.05) is 78.9 Å². The lowest BCUT2D eigenvalue weighted by Crippen LogP contribution is -2.05. The SMILES string of the molecule is O=C(c1ccccc1)c1ccccc1N/C=C\C(=O)c1cccc2ccccc12. The van der Waals surface area contributed by atoms with E-state index >= 15 is 0 Å². The molecule has 0 unspecified atom stereocenters. The van der Waals surface area contributed by atoms with Crippen molar-refractivity contribution < 1.29 is 9.59 Å². The number of rotatable bonds is 6. The molecule has 3 heteroatoms. The smallest absolute Gasteiger partial charge is 0.195 e. The summed E-state index contributed by atoms with van der Waals surface area (Å²) in [6.45, 7) is 0. The van der Waals surface area contributed by atoms with Crippen LogP contribution in [0.15, 0.2) is 109 Å². The molecule has 3 nitrogen and oxygen atoms in total. The summed E-state index contributed by atoms with van der Waals surface area (Å²) in [4.78, 5) is 25.5. The van der Waals surface area contributed by atoms with Crippen molar-refractivity contribution in [2.75, 3.05) is 5.32 Å². The Morgan fingerprint density at radius 2 is 1.31 bits per heavy atom. The van der Waals surface area contributed by atoms with Crippen molar-refractivity contribution in [2.24, 2.45) is 0 Å². The van der Waals surface area contributed by atoms with Crippen molar-refractivity contribution in [1.82, 2.24) is 0 Å². The van der Waals surface area contributed by atoms with Gasteiger partial charge in [0.1, 0.15) is 0 Å². The van der Waals surface area contributed by atoms with Crippen LogP contribution in [0.25, 0.3) is 10.8 Å². The second-order valence-electron chi connectivity index (χ2n) is 6.61. The Morgan fingerprint density at radius 1 is 0.655 bits per heavy atom. The normalized spacial score (nSPS) is 10.9. The Balaban J connectivity index is 1.56. The fraction of sp³-hybridized carbons (Fsp3) is 0. The minimum atomic E-state index is -0.0961. The van der Waals surface area contributed by atoms with E-state index in [0.29, 0.717) is 22.4 Å². The highest BCUT2D eigenvalue weighted by Gasteiger charge is 2.12. The molecule has 4 aromatic rings. The zero-order valence-corrected chi connectivity index (χ0v) is 15.7. The maximum absolute atomic E-state index is 12.8. The first-order valence-electron chi connectivity index (χ1n) is 9.38. The minimum absolute atomic E-state index is 0.0671. The molecular weight excluding hydrogens is 358 g/mol. The average molecular weight is 377 g/mol. The number of fused-ring (bicyclic) bond motifs is 1. The van der Waals surface area contributed by atoms with Gasteiger partial charge in [-0.3, -0.25) is 9.59 Å². The first-order chi connectivity index (χ1) is 14.2. The molecule has 140 valence electrons. The van der Waals surface area contributed by atoms with E-state index in [2.05, 4.69) is 5.32 Å². The molecule has 0 atom stereocenters. The van der Waals surface area contributed by atoms with Crippen molar-refractivity contribution in [2.45, 2.75) is 0 Å². The van der Waals surface area contributed by atoms with Gasteiger partial charge in [0.25, 0.3) is 0 Å². The number of carbonyl (C=O) groups is 2. The Bertz CT molecular complexity index is 1200. The third kappa shape index (κ3) is 3.99. The second kappa shape index (κ2) is 8.36. The Hall–Kier alpha value is -3.98. The molecule has 1 N–H and O–H groups in total. The topological polar surface area (TPSA) is 46.2 Å². The fourth-order valence-electron chi connectivity index (χ4n) is 3.29. The first-order valence-corrected chi connectivity index (χ1v) is 9.38. The van der Waals surface area contributed by atoms with Gasteiger partial charge in [0.15, 0.2) is 11.6 Å². The third-order valence-electron chi connectivity index (χ3n) is 4.74. The summed E-state index contributed by atoms with van der Waals surface area (Å²) in [6, 6.07) is 29.9. The number of carbonyl (C=O) groups excluding carboxylic acids is 2. The quantitative estimate of drug-likeness (QED) is 0.337. The number of allylic oxidation sites excluding steroid dienone is 1. The van der Waals surface area contributed by atoms with Crippen molar-refractivity contribution >= 4 is 28.0 Å². The zero-order chi connectivity index (χ0) is 20.1. The molecule has 4 aromatic carbocycles. The highest BCUT2D eigenvalue weighted by molar-refractivity contribution is 6.14. The van der Waals surface area contributed by atoms with Gasteiger partial charge in [0.2, 0.25) is 0 Å². The van der Waals surface area contributed by atoms with E-state index < -0.39 is 0 Å². The molecule has 0 aromatic heterocycles. The van der Waals surface area contributed by atoms with Crippen LogP contribution in [0.2, 0.25) is 0 Å². The van der Waals surface area contributed by atoms with E-state index in [0.717, 1.165) is 10.8 Å². The molecule has 0 amide bonds. The molecule has 0 aliphatic rings. The summed E-state index contributed by atoms with van der Waals surface area (Å²) >= 11 is 0. The van der Waals surface area contributed by atoms with Crippen LogP contribution in [0.4, 0.5) is 5.69 Å². The van der Waals surface area contributed by atoms with Gasteiger partial charge in [0.05, 0.1) is 0 Å². The zero-order valence-electron chi connectivity index (χ0n) is 15.7. The number of para-hydroxylation sites is 1. The first kappa shape index (κ1) is 18.4. The molecule has 0 spiro atoms. The molecule has 0 bridgehead atoms. The summed E-state index contributed by atoms with van der Waals surface area (Å²) in [5, 5.41) is 5.04. The Morgan fingerprint density at radius 3 is 2.17 bits per heavy atom. The van der Waals surface area contributed by atoms with Crippen LogP contribution in [0.1, 0.15) is 26.3 Å².